The van der Waals surface area contributed by atoms with Crippen LogP contribution in [-0.4, -0.2) is 51.1 Å². The standard InChI is InChI=1S/C22H23N3O3S3/c1-29-19-9-5-6-17(16-19)23-22(26)21-20(10-15-30-21)31(27,28)25-13-11-24(12-14-25)18-7-3-2-4-8-18/h2-10,15-16H,11-14H2,1H3,(H,23,26). The fourth-order valence-corrected chi connectivity index (χ4v) is 6.70. The molecule has 1 N–H and O–H groups in total. The number of hydrogen-bond acceptors (Lipinski definition) is 6. The fourth-order valence-electron chi connectivity index (χ4n) is 3.52. The number of piperazine rings is 1. The molecule has 1 fully saturated rings. The topological polar surface area (TPSA) is 69.7 Å². The van der Waals surface area contributed by atoms with Gasteiger partial charge in [0.1, 0.15) is 9.77 Å². The van der Waals surface area contributed by atoms with E-state index >= 15 is 0 Å². The molecule has 162 valence electrons. The van der Waals surface area contributed by atoms with Crippen LogP contribution in [0.2, 0.25) is 0 Å². The summed E-state index contributed by atoms with van der Waals surface area (Å²) in [6.45, 7) is 1.97. The lowest BCUT2D eigenvalue weighted by atomic mass is 10.2. The maximum absolute atomic E-state index is 13.3. The third-order valence-corrected chi connectivity index (χ3v) is 8.85. The summed E-state index contributed by atoms with van der Waals surface area (Å²) < 4.78 is 28.1. The molecule has 0 radical (unpaired) electrons. The van der Waals surface area contributed by atoms with Crippen LogP contribution in [0.3, 0.4) is 0 Å². The van der Waals surface area contributed by atoms with E-state index in [1.54, 1.807) is 23.2 Å². The Hall–Kier alpha value is -2.33. The number of thiophene rings is 1. The highest BCUT2D eigenvalue weighted by atomic mass is 32.2. The van der Waals surface area contributed by atoms with Gasteiger partial charge in [0.25, 0.3) is 5.91 Å². The maximum atomic E-state index is 13.3. The van der Waals surface area contributed by atoms with Crippen molar-refractivity contribution in [2.45, 2.75) is 9.79 Å². The van der Waals surface area contributed by atoms with Crippen LogP contribution in [0.5, 0.6) is 0 Å². The zero-order chi connectivity index (χ0) is 21.8. The molecule has 1 saturated heterocycles. The number of nitrogens with one attached hydrogen (secondary N) is 1. The lowest BCUT2D eigenvalue weighted by molar-refractivity contribution is 0.102. The molecule has 2 aromatic carbocycles. The summed E-state index contributed by atoms with van der Waals surface area (Å²) in [5.41, 5.74) is 1.73. The van der Waals surface area contributed by atoms with E-state index in [0.29, 0.717) is 31.9 Å². The van der Waals surface area contributed by atoms with Gasteiger partial charge in [-0.15, -0.1) is 23.1 Å². The zero-order valence-corrected chi connectivity index (χ0v) is 19.5. The van der Waals surface area contributed by atoms with E-state index in [4.69, 9.17) is 0 Å². The van der Waals surface area contributed by atoms with E-state index in [1.165, 1.54) is 10.4 Å². The predicted octanol–water partition coefficient (Wildman–Crippen LogP) is 4.23. The highest BCUT2D eigenvalue weighted by molar-refractivity contribution is 7.98. The highest BCUT2D eigenvalue weighted by Crippen LogP contribution is 2.28. The minimum absolute atomic E-state index is 0.0733. The van der Waals surface area contributed by atoms with Crippen molar-refractivity contribution in [3.05, 3.63) is 70.9 Å². The van der Waals surface area contributed by atoms with Gasteiger partial charge in [-0.3, -0.25) is 4.79 Å². The first-order valence-corrected chi connectivity index (χ1v) is 13.4. The van der Waals surface area contributed by atoms with Gasteiger partial charge >= 0.3 is 0 Å². The maximum Gasteiger partial charge on any atom is 0.267 e. The van der Waals surface area contributed by atoms with Gasteiger partial charge in [-0.2, -0.15) is 4.31 Å². The minimum Gasteiger partial charge on any atom is -0.369 e. The van der Waals surface area contributed by atoms with Gasteiger partial charge in [0.15, 0.2) is 0 Å². The number of carbonyl (C=O) groups excluding carboxylic acids is 1. The Balaban J connectivity index is 1.48. The summed E-state index contributed by atoms with van der Waals surface area (Å²) in [6.07, 6.45) is 1.96. The minimum atomic E-state index is -3.75. The smallest absolute Gasteiger partial charge is 0.267 e. The Morgan fingerprint density at radius 3 is 2.45 bits per heavy atom. The summed E-state index contributed by atoms with van der Waals surface area (Å²) in [6, 6.07) is 19.0. The van der Waals surface area contributed by atoms with Crippen LogP contribution < -0.4 is 10.2 Å². The molecule has 1 aliphatic heterocycles. The van der Waals surface area contributed by atoms with Crippen LogP contribution in [-0.2, 0) is 10.0 Å². The van der Waals surface area contributed by atoms with Crippen molar-refractivity contribution in [3.8, 4) is 0 Å². The Labute approximate surface area is 190 Å². The molecule has 0 saturated carbocycles. The number of rotatable bonds is 6. The molecule has 9 heteroatoms. The van der Waals surface area contributed by atoms with Crippen molar-refractivity contribution in [1.29, 1.82) is 0 Å². The van der Waals surface area contributed by atoms with E-state index in [2.05, 4.69) is 10.2 Å². The molecular formula is C22H23N3O3S3. The second-order valence-corrected chi connectivity index (χ2v) is 10.7. The molecule has 0 unspecified atom stereocenters. The SMILES string of the molecule is CSc1cccc(NC(=O)c2sccc2S(=O)(=O)N2CCN(c3ccccc3)CC2)c1. The first-order chi connectivity index (χ1) is 15.0. The second kappa shape index (κ2) is 9.44. The van der Waals surface area contributed by atoms with Crippen molar-refractivity contribution in [1.82, 2.24) is 4.31 Å². The Morgan fingerprint density at radius 1 is 1.00 bits per heavy atom. The molecule has 0 bridgehead atoms. The van der Waals surface area contributed by atoms with Crippen LogP contribution >= 0.6 is 23.1 Å². The van der Waals surface area contributed by atoms with Crippen molar-refractivity contribution in [2.75, 3.05) is 42.7 Å². The van der Waals surface area contributed by atoms with Gasteiger partial charge < -0.3 is 10.2 Å². The van der Waals surface area contributed by atoms with Crippen molar-refractivity contribution in [3.63, 3.8) is 0 Å². The van der Waals surface area contributed by atoms with Crippen LogP contribution in [0.4, 0.5) is 11.4 Å². The Kier molecular flexibility index (Phi) is 6.66. The molecule has 0 spiro atoms. The first kappa shape index (κ1) is 21.9. The number of benzene rings is 2. The van der Waals surface area contributed by atoms with Crippen molar-refractivity contribution >= 4 is 50.4 Å². The number of thioether (sulfide) groups is 1. The van der Waals surface area contributed by atoms with E-state index in [1.807, 2.05) is 54.8 Å². The third kappa shape index (κ3) is 4.79. The van der Waals surface area contributed by atoms with Gasteiger partial charge in [-0.1, -0.05) is 24.3 Å². The number of anilines is 2. The van der Waals surface area contributed by atoms with Crippen LogP contribution in [0.1, 0.15) is 9.67 Å². The molecule has 1 aromatic heterocycles. The third-order valence-electron chi connectivity index (χ3n) is 5.14. The van der Waals surface area contributed by atoms with E-state index in [0.717, 1.165) is 21.9 Å². The molecular weight excluding hydrogens is 450 g/mol. The van der Waals surface area contributed by atoms with Crippen LogP contribution in [0.25, 0.3) is 0 Å². The number of nitrogens with zero attached hydrogens (tertiary/aromatic N) is 2. The monoisotopic (exact) mass is 473 g/mol. The normalized spacial score (nSPS) is 15.1. The highest BCUT2D eigenvalue weighted by Gasteiger charge is 2.32. The zero-order valence-electron chi connectivity index (χ0n) is 17.0. The molecule has 2 heterocycles. The van der Waals surface area contributed by atoms with Gasteiger partial charge in [-0.25, -0.2) is 8.42 Å². The van der Waals surface area contributed by atoms with E-state index in [-0.39, 0.29) is 9.77 Å². The number of carbonyl (C=O) groups is 1. The predicted molar refractivity (Wildman–Crippen MR) is 128 cm³/mol. The Bertz CT molecular complexity index is 1150. The number of sulfonamides is 1. The van der Waals surface area contributed by atoms with Crippen LogP contribution in [0.15, 0.2) is 75.8 Å². The summed E-state index contributed by atoms with van der Waals surface area (Å²) in [7, 11) is -3.75. The van der Waals surface area contributed by atoms with Crippen molar-refractivity contribution < 1.29 is 13.2 Å². The number of para-hydroxylation sites is 1. The average Bonchev–Trinajstić information content (AvgIpc) is 3.31. The summed E-state index contributed by atoms with van der Waals surface area (Å²) >= 11 is 2.72. The van der Waals surface area contributed by atoms with Crippen molar-refractivity contribution in [2.24, 2.45) is 0 Å². The molecule has 3 aromatic rings. The molecule has 0 atom stereocenters. The second-order valence-electron chi connectivity index (χ2n) is 7.03. The fraction of sp³-hybridized carbons (Fsp3) is 0.227. The van der Waals surface area contributed by atoms with Gasteiger partial charge in [-0.05, 0) is 48.0 Å². The summed E-state index contributed by atoms with van der Waals surface area (Å²) in [5.74, 6) is -0.408. The first-order valence-electron chi connectivity index (χ1n) is 9.82. The van der Waals surface area contributed by atoms with Gasteiger partial charge in [0.2, 0.25) is 10.0 Å². The average molecular weight is 474 g/mol. The summed E-state index contributed by atoms with van der Waals surface area (Å²) in [5, 5.41) is 4.48. The Morgan fingerprint density at radius 2 is 1.74 bits per heavy atom. The molecule has 6 nitrogen and oxygen atoms in total. The van der Waals surface area contributed by atoms with Gasteiger partial charge in [0.05, 0.1) is 0 Å². The van der Waals surface area contributed by atoms with Gasteiger partial charge in [0, 0.05) is 42.4 Å². The summed E-state index contributed by atoms with van der Waals surface area (Å²) in [4.78, 5) is 16.3. The van der Waals surface area contributed by atoms with E-state index < -0.39 is 15.9 Å². The lowest BCUT2D eigenvalue weighted by Gasteiger charge is -2.35. The lowest BCUT2D eigenvalue weighted by Crippen LogP contribution is -2.48. The largest absolute Gasteiger partial charge is 0.369 e. The molecule has 31 heavy (non-hydrogen) atoms. The molecule has 4 rings (SSSR count). The van der Waals surface area contributed by atoms with E-state index in [9.17, 15) is 13.2 Å². The number of hydrogen-bond donors (Lipinski definition) is 1. The molecule has 1 amide bonds. The number of amides is 1. The quantitative estimate of drug-likeness (QED) is 0.543. The molecule has 0 aliphatic carbocycles. The van der Waals surface area contributed by atoms with Crippen LogP contribution in [0, 0.1) is 0 Å². The molecule has 1 aliphatic rings.